The second-order valence-electron chi connectivity index (χ2n) is 4.44. The van der Waals surface area contributed by atoms with Gasteiger partial charge in [0.05, 0.1) is 0 Å². The minimum Gasteiger partial charge on any atom is -0.409 e. The molecule has 0 aliphatic heterocycles. The summed E-state index contributed by atoms with van der Waals surface area (Å²) < 4.78 is 0. The molecule has 4 heteroatoms. The Balaban J connectivity index is 2.84. The van der Waals surface area contributed by atoms with Gasteiger partial charge in [-0.3, -0.25) is 0 Å². The Bertz CT molecular complexity index is 436. The fraction of sp³-hybridized carbons (Fsp3) is 0.400. The molecule has 0 saturated carbocycles. The fourth-order valence-electron chi connectivity index (χ4n) is 1.96. The van der Waals surface area contributed by atoms with Crippen LogP contribution in [0.25, 0.3) is 0 Å². The van der Waals surface area contributed by atoms with E-state index in [1.807, 2.05) is 30.3 Å². The van der Waals surface area contributed by atoms with Crippen LogP contribution in [-0.2, 0) is 0 Å². The van der Waals surface area contributed by atoms with Gasteiger partial charge < -0.3 is 16.3 Å². The molecule has 0 spiro atoms. The normalized spacial score (nSPS) is 14.6. The van der Waals surface area contributed by atoms with Crippen molar-refractivity contribution in [2.24, 2.45) is 10.9 Å². The number of nitrogens with two attached hydrogens (primary N) is 1. The summed E-state index contributed by atoms with van der Waals surface area (Å²) in [5.41, 5.74) is 6.72. The molecule has 0 radical (unpaired) electrons. The zero-order valence-electron chi connectivity index (χ0n) is 11.2. The maximum Gasteiger partial charge on any atom is 0.141 e. The number of nitrogens with one attached hydrogen (secondary N) is 1. The van der Waals surface area contributed by atoms with E-state index in [1.54, 1.807) is 0 Å². The molecule has 19 heavy (non-hydrogen) atoms. The Morgan fingerprint density at radius 2 is 2.16 bits per heavy atom. The lowest BCUT2D eigenvalue weighted by Crippen LogP contribution is -2.34. The number of hydrogen-bond donors (Lipinski definition) is 3. The lowest BCUT2D eigenvalue weighted by atomic mass is 10.0. The third kappa shape index (κ3) is 5.02. The topological polar surface area (TPSA) is 70.6 Å². The van der Waals surface area contributed by atoms with Gasteiger partial charge in [-0.2, -0.15) is 0 Å². The van der Waals surface area contributed by atoms with Crippen molar-refractivity contribution in [2.75, 3.05) is 0 Å². The Labute approximate surface area is 114 Å². The zero-order valence-corrected chi connectivity index (χ0v) is 11.2. The second kappa shape index (κ2) is 8.17. The summed E-state index contributed by atoms with van der Waals surface area (Å²) in [5.74, 6) is 2.87. The van der Waals surface area contributed by atoms with E-state index in [-0.39, 0.29) is 17.9 Å². The van der Waals surface area contributed by atoms with E-state index in [2.05, 4.69) is 23.3 Å². The molecule has 0 saturated heterocycles. The summed E-state index contributed by atoms with van der Waals surface area (Å²) in [6.07, 6.45) is 7.41. The van der Waals surface area contributed by atoms with Gasteiger partial charge >= 0.3 is 0 Å². The summed E-state index contributed by atoms with van der Waals surface area (Å²) in [7, 11) is 0. The number of benzene rings is 1. The van der Waals surface area contributed by atoms with Crippen molar-refractivity contribution in [2.45, 2.75) is 38.3 Å². The predicted octanol–water partition coefficient (Wildman–Crippen LogP) is 2.26. The van der Waals surface area contributed by atoms with Crippen LogP contribution >= 0.6 is 0 Å². The molecule has 102 valence electrons. The number of terminal acetylenes is 1. The maximum absolute atomic E-state index is 8.73. The van der Waals surface area contributed by atoms with E-state index in [4.69, 9.17) is 17.4 Å². The molecule has 0 fully saturated rings. The third-order valence-corrected chi connectivity index (χ3v) is 3.04. The maximum atomic E-state index is 8.73. The number of oxime groups is 1. The lowest BCUT2D eigenvalue weighted by molar-refractivity contribution is 0.315. The van der Waals surface area contributed by atoms with Crippen molar-refractivity contribution >= 4 is 5.84 Å². The highest BCUT2D eigenvalue weighted by atomic mass is 16.4. The second-order valence-corrected chi connectivity index (χ2v) is 4.44. The summed E-state index contributed by atoms with van der Waals surface area (Å²) in [5, 5.41) is 15.2. The van der Waals surface area contributed by atoms with Crippen LogP contribution in [-0.4, -0.2) is 17.1 Å². The Morgan fingerprint density at radius 3 is 2.68 bits per heavy atom. The van der Waals surface area contributed by atoms with Gasteiger partial charge in [0.2, 0.25) is 0 Å². The Morgan fingerprint density at radius 1 is 1.47 bits per heavy atom. The van der Waals surface area contributed by atoms with Gasteiger partial charge in [-0.15, -0.1) is 12.3 Å². The lowest BCUT2D eigenvalue weighted by Gasteiger charge is -2.24. The smallest absolute Gasteiger partial charge is 0.141 e. The summed E-state index contributed by atoms with van der Waals surface area (Å²) >= 11 is 0. The van der Waals surface area contributed by atoms with E-state index in [1.165, 1.54) is 0 Å². The van der Waals surface area contributed by atoms with Gasteiger partial charge in [0.1, 0.15) is 5.84 Å². The standard InChI is InChI=1S/C15H21N3O/c1-3-8-13(4-2)17-14(11-15(16)18-19)12-9-6-5-7-10-12/h1,5-7,9-10,13-14,17,19H,4,8,11H2,2H3,(H2,16,18). The largest absolute Gasteiger partial charge is 0.409 e. The fourth-order valence-corrected chi connectivity index (χ4v) is 1.96. The van der Waals surface area contributed by atoms with Crippen molar-refractivity contribution < 1.29 is 5.21 Å². The molecular weight excluding hydrogens is 238 g/mol. The van der Waals surface area contributed by atoms with Crippen LogP contribution in [0.4, 0.5) is 0 Å². The van der Waals surface area contributed by atoms with Crippen molar-refractivity contribution in [3.8, 4) is 12.3 Å². The van der Waals surface area contributed by atoms with Crippen LogP contribution < -0.4 is 11.1 Å². The summed E-state index contributed by atoms with van der Waals surface area (Å²) in [6.45, 7) is 2.08. The first-order valence-electron chi connectivity index (χ1n) is 6.42. The Hall–Kier alpha value is -1.99. The summed E-state index contributed by atoms with van der Waals surface area (Å²) in [4.78, 5) is 0. The summed E-state index contributed by atoms with van der Waals surface area (Å²) in [6, 6.07) is 10.2. The molecule has 2 atom stereocenters. The first kappa shape index (κ1) is 15.1. The quantitative estimate of drug-likeness (QED) is 0.231. The molecule has 2 unspecified atom stereocenters. The van der Waals surface area contributed by atoms with Crippen LogP contribution in [0.2, 0.25) is 0 Å². The monoisotopic (exact) mass is 259 g/mol. The molecule has 0 bridgehead atoms. The van der Waals surface area contributed by atoms with E-state index < -0.39 is 0 Å². The van der Waals surface area contributed by atoms with E-state index in [9.17, 15) is 0 Å². The number of amidine groups is 1. The molecule has 0 amide bonds. The van der Waals surface area contributed by atoms with Gasteiger partial charge in [-0.25, -0.2) is 0 Å². The molecule has 1 rings (SSSR count). The molecule has 0 aromatic heterocycles. The van der Waals surface area contributed by atoms with Gasteiger partial charge in [-0.1, -0.05) is 42.4 Å². The number of rotatable bonds is 7. The van der Waals surface area contributed by atoms with Crippen LogP contribution in [0.15, 0.2) is 35.5 Å². The average Bonchev–Trinajstić information content (AvgIpc) is 2.46. The Kier molecular flexibility index (Phi) is 6.48. The molecule has 0 aliphatic rings. The first-order valence-corrected chi connectivity index (χ1v) is 6.42. The van der Waals surface area contributed by atoms with Gasteiger partial charge in [-0.05, 0) is 12.0 Å². The average molecular weight is 259 g/mol. The first-order chi connectivity index (χ1) is 9.21. The van der Waals surface area contributed by atoms with E-state index in [0.717, 1.165) is 12.0 Å². The highest BCUT2D eigenvalue weighted by molar-refractivity contribution is 5.80. The molecule has 0 aliphatic carbocycles. The highest BCUT2D eigenvalue weighted by Gasteiger charge is 2.17. The van der Waals surface area contributed by atoms with Crippen LogP contribution in [0.1, 0.15) is 37.8 Å². The van der Waals surface area contributed by atoms with Crippen LogP contribution in [0, 0.1) is 12.3 Å². The zero-order chi connectivity index (χ0) is 14.1. The molecule has 0 heterocycles. The van der Waals surface area contributed by atoms with Crippen LogP contribution in [0.5, 0.6) is 0 Å². The van der Waals surface area contributed by atoms with Crippen molar-refractivity contribution in [1.29, 1.82) is 0 Å². The van der Waals surface area contributed by atoms with E-state index in [0.29, 0.717) is 12.8 Å². The SMILES string of the molecule is C#CCC(CC)NC(C/C(N)=N/O)c1ccccc1. The van der Waals surface area contributed by atoms with E-state index >= 15 is 0 Å². The van der Waals surface area contributed by atoms with Crippen molar-refractivity contribution in [1.82, 2.24) is 5.32 Å². The highest BCUT2D eigenvalue weighted by Crippen LogP contribution is 2.18. The molecule has 1 aromatic rings. The molecule has 4 nitrogen and oxygen atoms in total. The van der Waals surface area contributed by atoms with Gasteiger partial charge in [0.15, 0.2) is 0 Å². The number of nitrogens with zero attached hydrogens (tertiary/aromatic N) is 1. The number of hydrogen-bond acceptors (Lipinski definition) is 3. The van der Waals surface area contributed by atoms with Crippen LogP contribution in [0.3, 0.4) is 0 Å². The molecule has 1 aromatic carbocycles. The van der Waals surface area contributed by atoms with Gasteiger partial charge in [0, 0.05) is 24.9 Å². The third-order valence-electron chi connectivity index (χ3n) is 3.04. The van der Waals surface area contributed by atoms with Crippen molar-refractivity contribution in [3.05, 3.63) is 35.9 Å². The molecular formula is C15H21N3O. The van der Waals surface area contributed by atoms with Crippen molar-refractivity contribution in [3.63, 3.8) is 0 Å². The predicted molar refractivity (Wildman–Crippen MR) is 77.9 cm³/mol. The molecule has 4 N–H and O–H groups in total. The van der Waals surface area contributed by atoms with Gasteiger partial charge in [0.25, 0.3) is 0 Å². The minimum atomic E-state index is -0.00426. The minimum absolute atomic E-state index is 0.00426.